The van der Waals surface area contributed by atoms with Crippen molar-refractivity contribution in [1.29, 1.82) is 0 Å². The topological polar surface area (TPSA) is 128 Å². The Labute approximate surface area is 247 Å². The number of rotatable bonds is 23. The summed E-state index contributed by atoms with van der Waals surface area (Å²) in [6.45, 7) is 2.31. The number of aromatic nitrogens is 4. The molecule has 2 aromatic rings. The van der Waals surface area contributed by atoms with E-state index in [1.165, 1.54) is 57.2 Å². The van der Waals surface area contributed by atoms with Gasteiger partial charge >= 0.3 is 6.18 Å². The predicted molar refractivity (Wildman–Crippen MR) is 156 cm³/mol. The van der Waals surface area contributed by atoms with Crippen LogP contribution in [0.2, 0.25) is 0 Å². The van der Waals surface area contributed by atoms with Crippen LogP contribution in [0.15, 0.2) is 12.7 Å². The lowest BCUT2D eigenvalue weighted by molar-refractivity contribution is -0.205. The number of nitrogen functional groups attached to an aromatic ring is 1. The number of nitrogens with two attached hydrogens (primary N) is 1. The summed E-state index contributed by atoms with van der Waals surface area (Å²) in [5.41, 5.74) is 6.86. The fraction of sp³-hybridized carbons (Fsp3) is 0.759. The number of hydrogen-bond acceptors (Lipinski definition) is 8. The zero-order valence-electron chi connectivity index (χ0n) is 24.7. The summed E-state index contributed by atoms with van der Waals surface area (Å²) in [7, 11) is -4.07. The summed E-state index contributed by atoms with van der Waals surface area (Å²) in [5, 5.41) is 0. The molecule has 0 saturated carbocycles. The van der Waals surface area contributed by atoms with E-state index in [2.05, 4.69) is 20.9 Å². The molecule has 0 aromatic carbocycles. The quantitative estimate of drug-likeness (QED) is 0.0792. The number of fused-ring (bicyclic) bond motifs is 1. The molecular formula is C29H46F3N5O4P-. The van der Waals surface area contributed by atoms with Gasteiger partial charge in [-0.1, -0.05) is 89.4 Å². The fourth-order valence-electron chi connectivity index (χ4n) is 4.60. The Bertz CT molecular complexity index is 1140. The minimum Gasteiger partial charge on any atom is -0.777 e. The Hall–Kier alpha value is -2.19. The van der Waals surface area contributed by atoms with Crippen LogP contribution >= 0.6 is 7.60 Å². The average molecular weight is 617 g/mol. The van der Waals surface area contributed by atoms with E-state index in [0.717, 1.165) is 44.9 Å². The monoisotopic (exact) mass is 616 g/mol. The highest BCUT2D eigenvalue weighted by Crippen LogP contribution is 2.37. The lowest BCUT2D eigenvalue weighted by atomic mass is 10.0. The molecule has 1 unspecified atom stereocenters. The maximum absolute atomic E-state index is 12.2. The zero-order valence-corrected chi connectivity index (χ0v) is 25.6. The van der Waals surface area contributed by atoms with Crippen molar-refractivity contribution in [2.75, 3.05) is 18.7 Å². The second-order valence-electron chi connectivity index (χ2n) is 10.7. The summed E-state index contributed by atoms with van der Waals surface area (Å²) in [4.78, 5) is 24.5. The molecule has 0 bridgehead atoms. The van der Waals surface area contributed by atoms with Gasteiger partial charge in [0.2, 0.25) is 0 Å². The zero-order chi connectivity index (χ0) is 30.7. The highest BCUT2D eigenvalue weighted by molar-refractivity contribution is 7.51. The third-order valence-electron chi connectivity index (χ3n) is 6.86. The second-order valence-corrected chi connectivity index (χ2v) is 12.5. The van der Waals surface area contributed by atoms with Gasteiger partial charge in [-0.15, -0.1) is 0 Å². The van der Waals surface area contributed by atoms with Crippen molar-refractivity contribution in [1.82, 2.24) is 19.5 Å². The van der Waals surface area contributed by atoms with Crippen molar-refractivity contribution < 1.29 is 31.9 Å². The average Bonchev–Trinajstić information content (AvgIpc) is 3.34. The minimum atomic E-state index is -4.37. The van der Waals surface area contributed by atoms with Crippen molar-refractivity contribution in [3.8, 4) is 11.8 Å². The molecule has 0 radical (unpaired) electrons. The molecule has 0 aliphatic carbocycles. The van der Waals surface area contributed by atoms with Crippen LogP contribution in [0.4, 0.5) is 19.0 Å². The molecule has 42 heavy (non-hydrogen) atoms. The van der Waals surface area contributed by atoms with Gasteiger partial charge in [-0.25, -0.2) is 15.0 Å². The van der Waals surface area contributed by atoms with Crippen molar-refractivity contribution in [3.05, 3.63) is 12.7 Å². The second kappa shape index (κ2) is 19.9. The van der Waals surface area contributed by atoms with E-state index in [0.29, 0.717) is 30.6 Å². The first-order valence-corrected chi connectivity index (χ1v) is 16.8. The van der Waals surface area contributed by atoms with Crippen molar-refractivity contribution in [3.63, 3.8) is 0 Å². The van der Waals surface area contributed by atoms with Gasteiger partial charge in [-0.05, 0) is 19.8 Å². The molecule has 0 spiro atoms. The number of anilines is 1. The lowest BCUT2D eigenvalue weighted by Gasteiger charge is -2.25. The molecule has 2 rings (SSSR count). The minimum absolute atomic E-state index is 0.174. The molecule has 2 aromatic heterocycles. The number of halogens is 3. The third kappa shape index (κ3) is 16.4. The number of imidazole rings is 1. The van der Waals surface area contributed by atoms with E-state index >= 15 is 0 Å². The maximum atomic E-state index is 12.2. The Balaban J connectivity index is 1.36. The number of unbranched alkanes of at least 4 members (excludes halogenated alkanes) is 15. The Morgan fingerprint density at radius 2 is 1.48 bits per heavy atom. The van der Waals surface area contributed by atoms with Crippen LogP contribution in [0.1, 0.15) is 110 Å². The van der Waals surface area contributed by atoms with Gasteiger partial charge in [-0.2, -0.15) is 13.2 Å². The van der Waals surface area contributed by atoms with Crippen molar-refractivity contribution in [2.45, 2.75) is 128 Å². The van der Waals surface area contributed by atoms with Crippen molar-refractivity contribution >= 4 is 24.6 Å². The largest absolute Gasteiger partial charge is 0.777 e. The number of ether oxygens (including phenoxy) is 1. The first-order valence-electron chi connectivity index (χ1n) is 15.1. The van der Waals surface area contributed by atoms with Gasteiger partial charge < -0.3 is 29.0 Å². The molecule has 0 fully saturated rings. The first-order chi connectivity index (χ1) is 20.1. The lowest BCUT2D eigenvalue weighted by Crippen LogP contribution is -2.20. The molecule has 0 saturated heterocycles. The van der Waals surface area contributed by atoms with Crippen LogP contribution in [0.5, 0.6) is 0 Å². The molecule has 9 nitrogen and oxygen atoms in total. The summed E-state index contributed by atoms with van der Waals surface area (Å²) in [6.07, 6.45) is 14.3. The molecule has 0 amide bonds. The highest BCUT2D eigenvalue weighted by atomic mass is 31.2. The SMILES string of the molecule is C[C@H](Cn1cnc2c(N)ncnc21)OCP(=O)([O-])OCCCCCCCCCCCCCCCCCC#CC(F)(F)F. The Morgan fingerprint density at radius 3 is 2.05 bits per heavy atom. The first kappa shape index (κ1) is 36.0. The van der Waals surface area contributed by atoms with Gasteiger partial charge in [0, 0.05) is 12.3 Å². The Morgan fingerprint density at radius 1 is 0.929 bits per heavy atom. The summed E-state index contributed by atoms with van der Waals surface area (Å²) in [5.74, 6) is 3.79. The fourth-order valence-corrected chi connectivity index (χ4v) is 5.52. The van der Waals surface area contributed by atoms with Gasteiger partial charge in [0.05, 0.1) is 25.6 Å². The van der Waals surface area contributed by atoms with E-state index in [4.69, 9.17) is 15.0 Å². The van der Waals surface area contributed by atoms with E-state index < -0.39 is 26.2 Å². The van der Waals surface area contributed by atoms with E-state index in [9.17, 15) is 22.6 Å². The van der Waals surface area contributed by atoms with Crippen molar-refractivity contribution in [2.24, 2.45) is 0 Å². The van der Waals surface area contributed by atoms with Crippen LogP contribution in [0.3, 0.4) is 0 Å². The highest BCUT2D eigenvalue weighted by Gasteiger charge is 2.22. The summed E-state index contributed by atoms with van der Waals surface area (Å²) in [6, 6.07) is 0. The summed E-state index contributed by atoms with van der Waals surface area (Å²) >= 11 is 0. The van der Waals surface area contributed by atoms with Crippen LogP contribution in [0, 0.1) is 11.8 Å². The molecule has 0 aliphatic rings. The number of nitrogens with zero attached hydrogens (tertiary/aromatic N) is 4. The smallest absolute Gasteiger partial charge is 0.457 e. The molecule has 0 aliphatic heterocycles. The summed E-state index contributed by atoms with van der Waals surface area (Å²) < 4.78 is 60.3. The van der Waals surface area contributed by atoms with Crippen LogP contribution < -0.4 is 10.6 Å². The molecule has 13 heteroatoms. The number of hydrogen-bond donors (Lipinski definition) is 1. The maximum Gasteiger partial charge on any atom is 0.457 e. The van der Waals surface area contributed by atoms with Crippen LogP contribution in [0.25, 0.3) is 11.2 Å². The van der Waals surface area contributed by atoms with Crippen LogP contribution in [-0.2, 0) is 20.4 Å². The Kier molecular flexibility index (Phi) is 17.1. The van der Waals surface area contributed by atoms with Gasteiger partial charge in [0.25, 0.3) is 0 Å². The molecule has 2 atom stereocenters. The molecule has 2 heterocycles. The predicted octanol–water partition coefficient (Wildman–Crippen LogP) is 7.15. The molecular weight excluding hydrogens is 570 g/mol. The van der Waals surface area contributed by atoms with Gasteiger partial charge in [0.15, 0.2) is 19.1 Å². The third-order valence-corrected chi connectivity index (χ3v) is 7.91. The van der Waals surface area contributed by atoms with E-state index in [1.54, 1.807) is 17.8 Å². The van der Waals surface area contributed by atoms with E-state index in [-0.39, 0.29) is 12.4 Å². The standard InChI is InChI=1S/C29H47F3N5O4P/c1-25(21-37-23-36-26-27(33)34-22-35-28(26)37)40-24-42(38,39)41-20-18-16-14-12-10-8-6-4-2-3-5-7-9-11-13-15-17-19-29(30,31)32/h22-23,25H,2-16,18,20-21,24H2,1H3,(H,38,39)(H2,33,34,35)/p-1/t25-/m1/s1. The van der Waals surface area contributed by atoms with Gasteiger partial charge in [0.1, 0.15) is 18.2 Å². The molecule has 2 N–H and O–H groups in total. The van der Waals surface area contributed by atoms with Crippen LogP contribution in [-0.4, -0.2) is 44.8 Å². The van der Waals surface area contributed by atoms with E-state index in [1.807, 2.05) is 0 Å². The van der Waals surface area contributed by atoms with Gasteiger partial charge in [-0.3, -0.25) is 0 Å². The molecule has 238 valence electrons. The number of alkyl halides is 3. The normalized spacial score (nSPS) is 14.0.